The normalized spacial score (nSPS) is 26.2. The van der Waals surface area contributed by atoms with Crippen molar-refractivity contribution in [2.24, 2.45) is 0 Å². The Morgan fingerprint density at radius 2 is 1.95 bits per heavy atom. The first-order chi connectivity index (χ1) is 10.6. The predicted octanol–water partition coefficient (Wildman–Crippen LogP) is 0.837. The third kappa shape index (κ3) is 3.25. The largest absolute Gasteiger partial charge is 0.392 e. The topological polar surface area (TPSA) is 55.8 Å². The lowest BCUT2D eigenvalue weighted by Gasteiger charge is -2.38. The van der Waals surface area contributed by atoms with Crippen molar-refractivity contribution in [3.8, 4) is 0 Å². The molecular weight excluding hydrogens is 278 g/mol. The maximum Gasteiger partial charge on any atom is 0.239 e. The van der Waals surface area contributed by atoms with E-state index in [1.807, 2.05) is 11.0 Å². The van der Waals surface area contributed by atoms with Crippen molar-refractivity contribution in [2.75, 3.05) is 31.6 Å². The summed E-state index contributed by atoms with van der Waals surface area (Å²) in [5.74, 6) is 0.150. The lowest BCUT2D eigenvalue weighted by molar-refractivity contribution is -0.134. The molecule has 3 rings (SSSR count). The zero-order valence-corrected chi connectivity index (χ0v) is 13.1. The highest BCUT2D eigenvalue weighted by atomic mass is 16.3. The summed E-state index contributed by atoms with van der Waals surface area (Å²) in [6, 6.07) is 10.7. The molecule has 2 aliphatic heterocycles. The number of nitrogens with zero attached hydrogens (tertiary/aromatic N) is 2. The highest BCUT2D eigenvalue weighted by molar-refractivity contribution is 5.82. The minimum absolute atomic E-state index is 0.150. The number of carbonyl (C=O) groups excluding carboxylic acids is 1. The Morgan fingerprint density at radius 1 is 1.27 bits per heavy atom. The van der Waals surface area contributed by atoms with Gasteiger partial charge in [-0.3, -0.25) is 4.79 Å². The van der Waals surface area contributed by atoms with Gasteiger partial charge in [0.05, 0.1) is 12.1 Å². The molecule has 0 saturated carbocycles. The number of amides is 1. The van der Waals surface area contributed by atoms with Crippen molar-refractivity contribution < 1.29 is 9.90 Å². The van der Waals surface area contributed by atoms with Gasteiger partial charge in [0.2, 0.25) is 5.91 Å². The standard InChI is InChI=1S/C17H25N3O2/c1-19(13-5-3-2-4-6-13)14-7-9-20(10-8-14)17(22)16-11-15(21)12-18-16/h2-6,14-16,18,21H,7-12H2,1H3. The van der Waals surface area contributed by atoms with Crippen molar-refractivity contribution in [1.82, 2.24) is 10.2 Å². The number of aliphatic hydroxyl groups is 1. The monoisotopic (exact) mass is 303 g/mol. The van der Waals surface area contributed by atoms with Crippen molar-refractivity contribution in [3.63, 3.8) is 0 Å². The molecule has 2 unspecified atom stereocenters. The second kappa shape index (κ2) is 6.67. The van der Waals surface area contributed by atoms with Crippen LogP contribution in [0.25, 0.3) is 0 Å². The van der Waals surface area contributed by atoms with Gasteiger partial charge in [0.1, 0.15) is 0 Å². The van der Waals surface area contributed by atoms with E-state index in [9.17, 15) is 9.90 Å². The summed E-state index contributed by atoms with van der Waals surface area (Å²) >= 11 is 0. The van der Waals surface area contributed by atoms with Gasteiger partial charge in [-0.1, -0.05) is 18.2 Å². The lowest BCUT2D eigenvalue weighted by atomic mass is 10.0. The van der Waals surface area contributed by atoms with Crippen LogP contribution >= 0.6 is 0 Å². The summed E-state index contributed by atoms with van der Waals surface area (Å²) in [6.07, 6.45) is 2.15. The van der Waals surface area contributed by atoms with Crippen LogP contribution in [0, 0.1) is 0 Å². The summed E-state index contributed by atoms with van der Waals surface area (Å²) in [5.41, 5.74) is 1.23. The summed E-state index contributed by atoms with van der Waals surface area (Å²) < 4.78 is 0. The zero-order chi connectivity index (χ0) is 15.5. The van der Waals surface area contributed by atoms with E-state index in [2.05, 4.69) is 41.5 Å². The summed E-state index contributed by atoms with van der Waals surface area (Å²) in [6.45, 7) is 2.13. The maximum absolute atomic E-state index is 12.4. The number of aliphatic hydroxyl groups excluding tert-OH is 1. The molecule has 2 heterocycles. The molecule has 22 heavy (non-hydrogen) atoms. The summed E-state index contributed by atoms with van der Waals surface area (Å²) in [4.78, 5) is 16.7. The molecule has 1 amide bonds. The molecule has 120 valence electrons. The van der Waals surface area contributed by atoms with Crippen LogP contribution in [0.2, 0.25) is 0 Å². The number of nitrogens with one attached hydrogen (secondary N) is 1. The molecule has 0 radical (unpaired) electrons. The molecular formula is C17H25N3O2. The van der Waals surface area contributed by atoms with Gasteiger partial charge >= 0.3 is 0 Å². The average Bonchev–Trinajstić information content (AvgIpc) is 3.01. The quantitative estimate of drug-likeness (QED) is 0.869. The number of carbonyl (C=O) groups is 1. The van der Waals surface area contributed by atoms with Gasteiger partial charge in [0.25, 0.3) is 0 Å². The Bertz CT molecular complexity index is 500. The molecule has 2 fully saturated rings. The molecule has 0 bridgehead atoms. The van der Waals surface area contributed by atoms with Gasteiger partial charge in [-0.2, -0.15) is 0 Å². The number of likely N-dealkylation sites (tertiary alicyclic amines) is 1. The minimum Gasteiger partial charge on any atom is -0.392 e. The van der Waals surface area contributed by atoms with E-state index in [4.69, 9.17) is 0 Å². The van der Waals surface area contributed by atoms with Gasteiger partial charge < -0.3 is 20.2 Å². The van der Waals surface area contributed by atoms with Crippen LogP contribution in [0.1, 0.15) is 19.3 Å². The Labute approximate surface area is 131 Å². The molecule has 2 N–H and O–H groups in total. The van der Waals surface area contributed by atoms with E-state index in [0.29, 0.717) is 19.0 Å². The molecule has 2 aliphatic rings. The molecule has 0 spiro atoms. The van der Waals surface area contributed by atoms with Crippen molar-refractivity contribution in [2.45, 2.75) is 37.5 Å². The van der Waals surface area contributed by atoms with Crippen LogP contribution < -0.4 is 10.2 Å². The highest BCUT2D eigenvalue weighted by Crippen LogP contribution is 2.22. The Morgan fingerprint density at radius 3 is 2.55 bits per heavy atom. The summed E-state index contributed by atoms with van der Waals surface area (Å²) in [5, 5.41) is 12.7. The number of hydrogen-bond acceptors (Lipinski definition) is 4. The predicted molar refractivity (Wildman–Crippen MR) is 86.9 cm³/mol. The first kappa shape index (κ1) is 15.3. The Balaban J connectivity index is 1.53. The van der Waals surface area contributed by atoms with E-state index in [0.717, 1.165) is 25.9 Å². The molecule has 1 aromatic rings. The van der Waals surface area contributed by atoms with Crippen LogP contribution in [-0.4, -0.2) is 60.8 Å². The van der Waals surface area contributed by atoms with Crippen LogP contribution in [0.5, 0.6) is 0 Å². The fourth-order valence-electron chi connectivity index (χ4n) is 3.47. The lowest BCUT2D eigenvalue weighted by Crippen LogP contribution is -2.50. The molecule has 5 nitrogen and oxygen atoms in total. The number of para-hydroxylation sites is 1. The Hall–Kier alpha value is -1.59. The van der Waals surface area contributed by atoms with Gasteiger partial charge in [-0.05, 0) is 31.4 Å². The number of rotatable bonds is 3. The molecule has 2 atom stereocenters. The smallest absolute Gasteiger partial charge is 0.239 e. The van der Waals surface area contributed by atoms with Crippen LogP contribution in [0.3, 0.4) is 0 Å². The number of piperidine rings is 1. The van der Waals surface area contributed by atoms with E-state index < -0.39 is 0 Å². The van der Waals surface area contributed by atoms with Crippen LogP contribution in [0.4, 0.5) is 5.69 Å². The van der Waals surface area contributed by atoms with E-state index >= 15 is 0 Å². The second-order valence-electron chi connectivity index (χ2n) is 6.35. The number of β-amino-alcohol motifs (C(OH)–C–C–N with tert-alkyl or cyclic N) is 1. The molecule has 0 aromatic heterocycles. The first-order valence-corrected chi connectivity index (χ1v) is 8.13. The molecule has 5 heteroatoms. The van der Waals surface area contributed by atoms with E-state index in [-0.39, 0.29) is 18.1 Å². The average molecular weight is 303 g/mol. The van der Waals surface area contributed by atoms with E-state index in [1.54, 1.807) is 0 Å². The SMILES string of the molecule is CN(c1ccccc1)C1CCN(C(=O)C2CC(O)CN2)CC1. The fourth-order valence-corrected chi connectivity index (χ4v) is 3.47. The van der Waals surface area contributed by atoms with Crippen LogP contribution in [-0.2, 0) is 4.79 Å². The third-order valence-electron chi connectivity index (χ3n) is 4.89. The van der Waals surface area contributed by atoms with Crippen molar-refractivity contribution in [1.29, 1.82) is 0 Å². The fraction of sp³-hybridized carbons (Fsp3) is 0.588. The zero-order valence-electron chi connectivity index (χ0n) is 13.1. The molecule has 2 saturated heterocycles. The maximum atomic E-state index is 12.4. The third-order valence-corrected chi connectivity index (χ3v) is 4.89. The van der Waals surface area contributed by atoms with Gasteiger partial charge in [-0.25, -0.2) is 0 Å². The number of hydrogen-bond donors (Lipinski definition) is 2. The minimum atomic E-state index is -0.379. The van der Waals surface area contributed by atoms with Crippen LogP contribution in [0.15, 0.2) is 30.3 Å². The molecule has 1 aromatic carbocycles. The van der Waals surface area contributed by atoms with Gasteiger partial charge in [0, 0.05) is 38.4 Å². The molecule has 0 aliphatic carbocycles. The summed E-state index contributed by atoms with van der Waals surface area (Å²) in [7, 11) is 2.13. The number of anilines is 1. The Kier molecular flexibility index (Phi) is 4.64. The van der Waals surface area contributed by atoms with Crippen molar-refractivity contribution >= 4 is 11.6 Å². The number of benzene rings is 1. The highest BCUT2D eigenvalue weighted by Gasteiger charge is 2.33. The van der Waals surface area contributed by atoms with Gasteiger partial charge in [0.15, 0.2) is 0 Å². The van der Waals surface area contributed by atoms with E-state index in [1.165, 1.54) is 5.69 Å². The first-order valence-electron chi connectivity index (χ1n) is 8.13. The second-order valence-corrected chi connectivity index (χ2v) is 6.35. The van der Waals surface area contributed by atoms with Gasteiger partial charge in [-0.15, -0.1) is 0 Å². The van der Waals surface area contributed by atoms with Crippen molar-refractivity contribution in [3.05, 3.63) is 30.3 Å².